The van der Waals surface area contributed by atoms with Gasteiger partial charge in [0.05, 0.1) is 6.20 Å². The third kappa shape index (κ3) is 3.36. The minimum absolute atomic E-state index is 0.0586. The van der Waals surface area contributed by atoms with Crippen molar-refractivity contribution in [2.24, 2.45) is 0 Å². The fourth-order valence-corrected chi connectivity index (χ4v) is 3.37. The Kier molecular flexibility index (Phi) is 5.30. The minimum Gasteiger partial charge on any atom is -0.396 e. The first-order valence-electron chi connectivity index (χ1n) is 8.80. The molecular formula is C19H25N3O2. The Morgan fingerprint density at radius 2 is 2.25 bits per heavy atom. The Morgan fingerprint density at radius 3 is 3.04 bits per heavy atom. The van der Waals surface area contributed by atoms with Gasteiger partial charge in [-0.25, -0.2) is 0 Å². The SMILES string of the molecule is CCCn1cc(-c2cccc3c2CCCN3C(=O)CCCO)cn1. The molecule has 0 saturated carbocycles. The van der Waals surface area contributed by atoms with Crippen LogP contribution in [0.15, 0.2) is 30.6 Å². The van der Waals surface area contributed by atoms with Gasteiger partial charge < -0.3 is 10.0 Å². The van der Waals surface area contributed by atoms with Gasteiger partial charge >= 0.3 is 0 Å². The van der Waals surface area contributed by atoms with Crippen LogP contribution in [-0.4, -0.2) is 33.9 Å². The average Bonchev–Trinajstić information content (AvgIpc) is 3.07. The van der Waals surface area contributed by atoms with Crippen LogP contribution in [0.1, 0.15) is 38.2 Å². The van der Waals surface area contributed by atoms with Crippen molar-refractivity contribution in [3.05, 3.63) is 36.2 Å². The molecule has 2 heterocycles. The van der Waals surface area contributed by atoms with Crippen LogP contribution in [0.25, 0.3) is 11.1 Å². The molecule has 2 aromatic rings. The Labute approximate surface area is 142 Å². The first-order chi connectivity index (χ1) is 11.7. The Hall–Kier alpha value is -2.14. The number of benzene rings is 1. The molecule has 0 atom stereocenters. The highest BCUT2D eigenvalue weighted by Crippen LogP contribution is 2.35. The van der Waals surface area contributed by atoms with Gasteiger partial charge in [-0.3, -0.25) is 9.48 Å². The lowest BCUT2D eigenvalue weighted by Gasteiger charge is -2.31. The largest absolute Gasteiger partial charge is 0.396 e. The third-order valence-electron chi connectivity index (χ3n) is 4.50. The van der Waals surface area contributed by atoms with Gasteiger partial charge in [-0.05, 0) is 42.9 Å². The molecule has 1 aromatic carbocycles. The highest BCUT2D eigenvalue weighted by Gasteiger charge is 2.24. The molecule has 0 saturated heterocycles. The van der Waals surface area contributed by atoms with E-state index in [-0.39, 0.29) is 12.5 Å². The van der Waals surface area contributed by atoms with Crippen LogP contribution in [0.5, 0.6) is 0 Å². The number of hydrogen-bond donors (Lipinski definition) is 1. The van der Waals surface area contributed by atoms with Crippen LogP contribution in [-0.2, 0) is 17.8 Å². The molecule has 0 aliphatic carbocycles. The summed E-state index contributed by atoms with van der Waals surface area (Å²) >= 11 is 0. The van der Waals surface area contributed by atoms with Gasteiger partial charge in [-0.2, -0.15) is 5.10 Å². The van der Waals surface area contributed by atoms with Crippen LogP contribution in [0.4, 0.5) is 5.69 Å². The molecule has 0 radical (unpaired) electrons. The Balaban J connectivity index is 1.92. The second-order valence-corrected chi connectivity index (χ2v) is 6.27. The minimum atomic E-state index is 0.0586. The van der Waals surface area contributed by atoms with Crippen LogP contribution in [0.2, 0.25) is 0 Å². The summed E-state index contributed by atoms with van der Waals surface area (Å²) in [6.45, 7) is 3.88. The third-order valence-corrected chi connectivity index (χ3v) is 4.50. The number of nitrogens with zero attached hydrogens (tertiary/aromatic N) is 3. The van der Waals surface area contributed by atoms with Gasteiger partial charge in [0.15, 0.2) is 0 Å². The number of aliphatic hydroxyl groups excluding tert-OH is 1. The fraction of sp³-hybridized carbons (Fsp3) is 0.474. The number of rotatable bonds is 6. The molecule has 1 N–H and O–H groups in total. The second kappa shape index (κ2) is 7.62. The van der Waals surface area contributed by atoms with E-state index in [0.29, 0.717) is 12.8 Å². The number of carbonyl (C=O) groups is 1. The van der Waals surface area contributed by atoms with E-state index in [1.165, 1.54) is 11.1 Å². The highest BCUT2D eigenvalue weighted by atomic mass is 16.3. The summed E-state index contributed by atoms with van der Waals surface area (Å²) in [5.41, 5.74) is 4.54. The van der Waals surface area contributed by atoms with Crippen molar-refractivity contribution in [2.45, 2.75) is 45.6 Å². The van der Waals surface area contributed by atoms with Crippen molar-refractivity contribution >= 4 is 11.6 Å². The standard InChI is InChI=1S/C19H25N3O2/c1-2-10-21-14-15(13-20-21)16-6-3-8-18-17(16)7-4-11-22(18)19(24)9-5-12-23/h3,6,8,13-14,23H,2,4-5,7,9-12H2,1H3. The van der Waals surface area contributed by atoms with Crippen molar-refractivity contribution in [2.75, 3.05) is 18.1 Å². The van der Waals surface area contributed by atoms with E-state index in [9.17, 15) is 4.79 Å². The highest BCUT2D eigenvalue weighted by molar-refractivity contribution is 5.96. The molecule has 24 heavy (non-hydrogen) atoms. The lowest BCUT2D eigenvalue weighted by Crippen LogP contribution is -2.35. The molecule has 5 nitrogen and oxygen atoms in total. The zero-order valence-corrected chi connectivity index (χ0v) is 14.2. The predicted octanol–water partition coefficient (Wildman–Crippen LogP) is 3.01. The number of anilines is 1. The molecule has 0 spiro atoms. The number of aryl methyl sites for hydroxylation is 1. The maximum absolute atomic E-state index is 12.5. The summed E-state index contributed by atoms with van der Waals surface area (Å²) < 4.78 is 1.97. The van der Waals surface area contributed by atoms with Crippen LogP contribution in [0.3, 0.4) is 0 Å². The number of aliphatic hydroxyl groups is 1. The topological polar surface area (TPSA) is 58.4 Å². The maximum atomic E-state index is 12.5. The summed E-state index contributed by atoms with van der Waals surface area (Å²) in [6.07, 6.45) is 7.93. The second-order valence-electron chi connectivity index (χ2n) is 6.27. The van der Waals surface area contributed by atoms with E-state index in [1.807, 2.05) is 27.9 Å². The molecule has 0 unspecified atom stereocenters. The zero-order chi connectivity index (χ0) is 16.9. The number of carbonyl (C=O) groups excluding carboxylic acids is 1. The average molecular weight is 327 g/mol. The first-order valence-corrected chi connectivity index (χ1v) is 8.80. The molecular weight excluding hydrogens is 302 g/mol. The summed E-state index contributed by atoms with van der Waals surface area (Å²) in [5.74, 6) is 0.101. The Bertz CT molecular complexity index is 708. The molecule has 1 amide bonds. The quantitative estimate of drug-likeness (QED) is 0.887. The lowest BCUT2D eigenvalue weighted by atomic mass is 9.93. The van der Waals surface area contributed by atoms with Gasteiger partial charge in [-0.15, -0.1) is 0 Å². The van der Waals surface area contributed by atoms with Crippen LogP contribution < -0.4 is 4.90 Å². The van der Waals surface area contributed by atoms with Gasteiger partial charge in [0.1, 0.15) is 0 Å². The van der Waals surface area contributed by atoms with Crippen LogP contribution >= 0.6 is 0 Å². The first kappa shape index (κ1) is 16.7. The van der Waals surface area contributed by atoms with Gasteiger partial charge in [0.2, 0.25) is 5.91 Å². The van der Waals surface area contributed by atoms with Crippen molar-refractivity contribution < 1.29 is 9.90 Å². The number of aromatic nitrogens is 2. The predicted molar refractivity (Wildman–Crippen MR) is 94.9 cm³/mol. The normalized spacial score (nSPS) is 13.8. The fourth-order valence-electron chi connectivity index (χ4n) is 3.37. The molecule has 0 fully saturated rings. The molecule has 1 aromatic heterocycles. The summed E-state index contributed by atoms with van der Waals surface area (Å²) in [4.78, 5) is 14.3. The van der Waals surface area contributed by atoms with Crippen molar-refractivity contribution in [1.82, 2.24) is 9.78 Å². The van der Waals surface area contributed by atoms with Gasteiger partial charge in [0, 0.05) is 43.6 Å². The Morgan fingerprint density at radius 1 is 1.38 bits per heavy atom. The molecule has 128 valence electrons. The summed E-state index contributed by atoms with van der Waals surface area (Å²) in [5, 5.41) is 13.4. The maximum Gasteiger partial charge on any atom is 0.227 e. The number of hydrogen-bond acceptors (Lipinski definition) is 3. The van der Waals surface area contributed by atoms with Gasteiger partial charge in [-0.1, -0.05) is 19.1 Å². The molecule has 1 aliphatic heterocycles. The molecule has 5 heteroatoms. The van der Waals surface area contributed by atoms with Gasteiger partial charge in [0.25, 0.3) is 0 Å². The molecule has 1 aliphatic rings. The summed E-state index contributed by atoms with van der Waals surface area (Å²) in [7, 11) is 0. The molecule has 3 rings (SSSR count). The zero-order valence-electron chi connectivity index (χ0n) is 14.2. The van der Waals surface area contributed by atoms with Crippen molar-refractivity contribution in [3.63, 3.8) is 0 Å². The number of amides is 1. The van der Waals surface area contributed by atoms with E-state index < -0.39 is 0 Å². The smallest absolute Gasteiger partial charge is 0.227 e. The summed E-state index contributed by atoms with van der Waals surface area (Å²) in [6, 6.07) is 6.17. The van der Waals surface area contributed by atoms with E-state index in [2.05, 4.69) is 24.3 Å². The van der Waals surface area contributed by atoms with E-state index in [0.717, 1.165) is 43.6 Å². The van der Waals surface area contributed by atoms with Crippen molar-refractivity contribution in [3.8, 4) is 11.1 Å². The van der Waals surface area contributed by atoms with E-state index in [1.54, 1.807) is 0 Å². The van der Waals surface area contributed by atoms with E-state index in [4.69, 9.17) is 5.11 Å². The van der Waals surface area contributed by atoms with Crippen molar-refractivity contribution in [1.29, 1.82) is 0 Å². The number of fused-ring (bicyclic) bond motifs is 1. The lowest BCUT2D eigenvalue weighted by molar-refractivity contribution is -0.119. The monoisotopic (exact) mass is 327 g/mol. The van der Waals surface area contributed by atoms with E-state index >= 15 is 0 Å². The van der Waals surface area contributed by atoms with Crippen LogP contribution in [0, 0.1) is 0 Å². The molecule has 0 bridgehead atoms.